The highest BCUT2D eigenvalue weighted by atomic mass is 16.5. The van der Waals surface area contributed by atoms with Crippen LogP contribution in [0.3, 0.4) is 0 Å². The van der Waals surface area contributed by atoms with Gasteiger partial charge in [-0.2, -0.15) is 10.2 Å². The lowest BCUT2D eigenvalue weighted by Crippen LogP contribution is -2.57. The number of likely N-dealkylation sites (tertiary alicyclic amines) is 1. The van der Waals surface area contributed by atoms with Crippen LogP contribution >= 0.6 is 0 Å². The third kappa shape index (κ3) is 3.56. The highest BCUT2D eigenvalue weighted by Crippen LogP contribution is 2.36. The second kappa shape index (κ2) is 7.29. The average molecular weight is 387 g/mol. The molecule has 0 saturated carbocycles. The number of amides is 1. The summed E-state index contributed by atoms with van der Waals surface area (Å²) < 4.78 is 9.21. The normalized spacial score (nSPS) is 25.4. The fourth-order valence-electron chi connectivity index (χ4n) is 4.36. The molecule has 0 unspecified atom stereocenters. The number of rotatable bonds is 4. The van der Waals surface area contributed by atoms with Gasteiger partial charge in [0.15, 0.2) is 0 Å². The van der Waals surface area contributed by atoms with Crippen molar-refractivity contribution in [1.29, 1.82) is 0 Å². The van der Waals surface area contributed by atoms with Gasteiger partial charge in [-0.3, -0.25) is 19.1 Å². The molecule has 0 aromatic carbocycles. The summed E-state index contributed by atoms with van der Waals surface area (Å²) in [5.41, 5.74) is 0.832. The van der Waals surface area contributed by atoms with Gasteiger partial charge in [0.25, 0.3) is 0 Å². The molecule has 2 aromatic rings. The zero-order valence-corrected chi connectivity index (χ0v) is 17.1. The van der Waals surface area contributed by atoms with Crippen LogP contribution in [0.5, 0.6) is 0 Å². The SMILES string of the molecule is Cn1cc([C@@H]2CN(Cc3ncnn3C)C[C@H]2C(=O)N2CCOCC2(C)C)cn1. The molecule has 1 amide bonds. The molecule has 4 heterocycles. The van der Waals surface area contributed by atoms with Gasteiger partial charge in [0, 0.05) is 45.8 Å². The van der Waals surface area contributed by atoms with E-state index in [1.165, 1.54) is 0 Å². The Balaban J connectivity index is 1.58. The lowest BCUT2D eigenvalue weighted by molar-refractivity contribution is -0.150. The fourth-order valence-corrected chi connectivity index (χ4v) is 4.36. The molecule has 0 bridgehead atoms. The number of carbonyl (C=O) groups is 1. The molecule has 9 nitrogen and oxygen atoms in total. The number of nitrogens with zero attached hydrogens (tertiary/aromatic N) is 7. The topological polar surface area (TPSA) is 81.3 Å². The lowest BCUT2D eigenvalue weighted by Gasteiger charge is -2.43. The van der Waals surface area contributed by atoms with E-state index in [0.29, 0.717) is 32.8 Å². The van der Waals surface area contributed by atoms with E-state index in [4.69, 9.17) is 4.74 Å². The Hall–Kier alpha value is -2.26. The van der Waals surface area contributed by atoms with Crippen molar-refractivity contribution in [3.05, 3.63) is 30.1 Å². The molecule has 152 valence electrons. The van der Waals surface area contributed by atoms with Crippen molar-refractivity contribution in [2.75, 3.05) is 32.8 Å². The highest BCUT2D eigenvalue weighted by Gasteiger charge is 2.44. The first-order valence-corrected chi connectivity index (χ1v) is 9.78. The molecule has 2 aliphatic rings. The summed E-state index contributed by atoms with van der Waals surface area (Å²) >= 11 is 0. The van der Waals surface area contributed by atoms with Crippen LogP contribution in [-0.2, 0) is 30.2 Å². The Kier molecular flexibility index (Phi) is 4.96. The van der Waals surface area contributed by atoms with Gasteiger partial charge >= 0.3 is 0 Å². The van der Waals surface area contributed by atoms with Crippen LogP contribution in [0.25, 0.3) is 0 Å². The second-order valence-corrected chi connectivity index (χ2v) is 8.51. The Morgan fingerprint density at radius 2 is 2.11 bits per heavy atom. The Bertz CT molecular complexity index is 843. The minimum atomic E-state index is -0.286. The minimum Gasteiger partial charge on any atom is -0.377 e. The van der Waals surface area contributed by atoms with E-state index in [0.717, 1.165) is 17.9 Å². The third-order valence-electron chi connectivity index (χ3n) is 5.95. The van der Waals surface area contributed by atoms with Gasteiger partial charge in [-0.15, -0.1) is 0 Å². The molecule has 2 atom stereocenters. The predicted octanol–water partition coefficient (Wildman–Crippen LogP) is 0.402. The van der Waals surface area contributed by atoms with Crippen LogP contribution in [-0.4, -0.2) is 78.6 Å². The molecule has 0 radical (unpaired) electrons. The number of ether oxygens (including phenoxy) is 1. The van der Waals surface area contributed by atoms with Crippen LogP contribution in [0.1, 0.15) is 31.2 Å². The maximum absolute atomic E-state index is 13.6. The molecule has 2 aliphatic heterocycles. The molecule has 28 heavy (non-hydrogen) atoms. The largest absolute Gasteiger partial charge is 0.377 e. The molecular weight excluding hydrogens is 358 g/mol. The van der Waals surface area contributed by atoms with Gasteiger partial charge in [0.05, 0.1) is 37.4 Å². The van der Waals surface area contributed by atoms with Crippen molar-refractivity contribution < 1.29 is 9.53 Å². The summed E-state index contributed by atoms with van der Waals surface area (Å²) in [6.07, 6.45) is 5.49. The van der Waals surface area contributed by atoms with Crippen molar-refractivity contribution >= 4 is 5.91 Å². The zero-order valence-electron chi connectivity index (χ0n) is 17.1. The summed E-state index contributed by atoms with van der Waals surface area (Å²) in [4.78, 5) is 22.3. The van der Waals surface area contributed by atoms with E-state index in [2.05, 4.69) is 33.9 Å². The Morgan fingerprint density at radius 1 is 1.29 bits per heavy atom. The van der Waals surface area contributed by atoms with E-state index in [9.17, 15) is 4.79 Å². The van der Waals surface area contributed by atoms with Gasteiger partial charge in [-0.05, 0) is 19.4 Å². The van der Waals surface area contributed by atoms with Crippen molar-refractivity contribution in [3.63, 3.8) is 0 Å². The van der Waals surface area contributed by atoms with E-state index in [1.807, 2.05) is 31.4 Å². The molecular formula is C19H29N7O2. The van der Waals surface area contributed by atoms with Gasteiger partial charge in [-0.1, -0.05) is 0 Å². The standard InChI is InChI=1S/C19H29N7O2/c1-19(2)12-28-6-5-26(19)18(27)16-10-25(11-17-20-13-22-24(17)4)9-15(16)14-7-21-23(3)8-14/h7-8,13,15-16H,5-6,9-12H2,1-4H3/t15-,16+/m0/s1. The number of hydrogen-bond acceptors (Lipinski definition) is 6. The number of morpholine rings is 1. The van der Waals surface area contributed by atoms with E-state index in [-0.39, 0.29) is 23.3 Å². The molecule has 9 heteroatoms. The average Bonchev–Trinajstić information content (AvgIpc) is 3.35. The minimum absolute atomic E-state index is 0.102. The van der Waals surface area contributed by atoms with Crippen LogP contribution in [0.4, 0.5) is 0 Å². The molecule has 0 spiro atoms. The van der Waals surface area contributed by atoms with Gasteiger partial charge < -0.3 is 9.64 Å². The first-order valence-electron chi connectivity index (χ1n) is 9.78. The van der Waals surface area contributed by atoms with Crippen molar-refractivity contribution in [3.8, 4) is 0 Å². The Labute approximate surface area is 165 Å². The molecule has 2 fully saturated rings. The molecule has 0 N–H and O–H groups in total. The fraction of sp³-hybridized carbons (Fsp3) is 0.684. The van der Waals surface area contributed by atoms with Gasteiger partial charge in [-0.25, -0.2) is 4.98 Å². The summed E-state index contributed by atoms with van der Waals surface area (Å²) in [5, 5.41) is 8.50. The first kappa shape index (κ1) is 19.1. The van der Waals surface area contributed by atoms with E-state index in [1.54, 1.807) is 15.7 Å². The van der Waals surface area contributed by atoms with E-state index < -0.39 is 0 Å². The maximum Gasteiger partial charge on any atom is 0.228 e. The van der Waals surface area contributed by atoms with E-state index >= 15 is 0 Å². The van der Waals surface area contributed by atoms with Crippen molar-refractivity contribution in [1.82, 2.24) is 34.3 Å². The van der Waals surface area contributed by atoms with Crippen molar-refractivity contribution in [2.45, 2.75) is 31.8 Å². The number of carbonyl (C=O) groups excluding carboxylic acids is 1. The van der Waals surface area contributed by atoms with Crippen LogP contribution < -0.4 is 0 Å². The molecule has 2 saturated heterocycles. The Morgan fingerprint density at radius 3 is 2.75 bits per heavy atom. The second-order valence-electron chi connectivity index (χ2n) is 8.51. The lowest BCUT2D eigenvalue weighted by atomic mass is 9.88. The summed E-state index contributed by atoms with van der Waals surface area (Å²) in [5.74, 6) is 1.13. The zero-order chi connectivity index (χ0) is 19.9. The number of hydrogen-bond donors (Lipinski definition) is 0. The third-order valence-corrected chi connectivity index (χ3v) is 5.95. The predicted molar refractivity (Wildman–Crippen MR) is 102 cm³/mol. The van der Waals surface area contributed by atoms with Gasteiger partial charge in [0.2, 0.25) is 5.91 Å². The van der Waals surface area contributed by atoms with Crippen LogP contribution in [0, 0.1) is 5.92 Å². The smallest absolute Gasteiger partial charge is 0.228 e. The molecule has 0 aliphatic carbocycles. The molecule has 2 aromatic heterocycles. The van der Waals surface area contributed by atoms with Gasteiger partial charge in [0.1, 0.15) is 12.2 Å². The number of aryl methyl sites for hydroxylation is 2. The van der Waals surface area contributed by atoms with Crippen LogP contribution in [0.15, 0.2) is 18.7 Å². The molecule has 4 rings (SSSR count). The summed E-state index contributed by atoms with van der Waals surface area (Å²) in [6.45, 7) is 8.17. The highest BCUT2D eigenvalue weighted by molar-refractivity contribution is 5.81. The number of aromatic nitrogens is 5. The van der Waals surface area contributed by atoms with Crippen molar-refractivity contribution in [2.24, 2.45) is 20.0 Å². The summed E-state index contributed by atoms with van der Waals surface area (Å²) in [7, 11) is 3.81. The monoisotopic (exact) mass is 387 g/mol. The maximum atomic E-state index is 13.6. The first-order chi connectivity index (χ1) is 13.3. The quantitative estimate of drug-likeness (QED) is 0.756. The summed E-state index contributed by atoms with van der Waals surface area (Å²) in [6, 6.07) is 0. The van der Waals surface area contributed by atoms with Crippen LogP contribution in [0.2, 0.25) is 0 Å².